The minimum atomic E-state index is -1.83. The van der Waals surface area contributed by atoms with Gasteiger partial charge >= 0.3 is 57.5 Å². The van der Waals surface area contributed by atoms with E-state index in [4.69, 9.17) is 15.0 Å². The second-order valence-electron chi connectivity index (χ2n) is 3.61. The number of aryl methyl sites for hydroxylation is 1. The third-order valence-corrected chi connectivity index (χ3v) is 1.79. The first-order valence-corrected chi connectivity index (χ1v) is 4.43. The maximum atomic E-state index is 11.5. The van der Waals surface area contributed by atoms with E-state index in [9.17, 15) is 5.11 Å². The summed E-state index contributed by atoms with van der Waals surface area (Å²) in [5, 5.41) is 25.5. The van der Waals surface area contributed by atoms with Crippen molar-refractivity contribution in [3.63, 3.8) is 0 Å². The fourth-order valence-corrected chi connectivity index (χ4v) is 1.25. The van der Waals surface area contributed by atoms with Gasteiger partial charge in [0, 0.05) is 0 Å². The van der Waals surface area contributed by atoms with E-state index in [-0.39, 0.29) is 51.4 Å². The van der Waals surface area contributed by atoms with Crippen molar-refractivity contribution in [3.05, 3.63) is 35.4 Å². The zero-order valence-corrected chi connectivity index (χ0v) is 13.1. The normalized spacial score (nSPS) is 9.50. The Morgan fingerprint density at radius 1 is 1.25 bits per heavy atom. The number of hydrogen-bond donors (Lipinski definition) is 2. The van der Waals surface area contributed by atoms with E-state index in [2.05, 4.69) is 0 Å². The van der Waals surface area contributed by atoms with Gasteiger partial charge in [0.1, 0.15) is 0 Å². The molecule has 16 heavy (non-hydrogen) atoms. The largest absolute Gasteiger partial charge is 1.00 e. The average molecular weight is 250 g/mol. The summed E-state index contributed by atoms with van der Waals surface area (Å²) in [6, 6.07) is 7.71. The van der Waals surface area contributed by atoms with Crippen LogP contribution in [0.2, 0.25) is 0 Å². The van der Waals surface area contributed by atoms with Crippen molar-refractivity contribution in [1.29, 1.82) is 0 Å². The summed E-state index contributed by atoms with van der Waals surface area (Å²) in [6.07, 6.45) is -1.83. The van der Waals surface area contributed by atoms with Crippen LogP contribution in [0.3, 0.4) is 0 Å². The van der Waals surface area contributed by atoms with E-state index in [1.165, 1.54) is 0 Å². The molecule has 84 valence electrons. The second kappa shape index (κ2) is 8.22. The fraction of sp³-hybridized carbons (Fsp3) is 0.364. The Bertz CT molecular complexity index is 327. The predicted molar refractivity (Wildman–Crippen MR) is 54.9 cm³/mol. The maximum Gasteiger partial charge on any atom is 1.00 e. The van der Waals surface area contributed by atoms with E-state index >= 15 is 0 Å². The van der Waals surface area contributed by atoms with Crippen LogP contribution in [0.15, 0.2) is 24.3 Å². The van der Waals surface area contributed by atoms with E-state index in [0.29, 0.717) is 0 Å². The van der Waals surface area contributed by atoms with Gasteiger partial charge in [-0.15, -0.1) is 0 Å². The first kappa shape index (κ1) is 18.5. The Hall–Kier alpha value is 0.0864. The molecule has 0 aliphatic heterocycles. The molecular formula is C11H15KO4. The molecule has 0 fully saturated rings. The summed E-state index contributed by atoms with van der Waals surface area (Å²) < 4.78 is 0. The van der Waals surface area contributed by atoms with Gasteiger partial charge in [-0.1, -0.05) is 49.3 Å². The molecule has 0 saturated heterocycles. The molecule has 0 atom stereocenters. The second-order valence-corrected chi connectivity index (χ2v) is 3.61. The van der Waals surface area contributed by atoms with Gasteiger partial charge in [-0.3, -0.25) is 0 Å². The molecule has 0 amide bonds. The summed E-state index contributed by atoms with van der Waals surface area (Å²) in [4.78, 5) is 8.56. The Morgan fingerprint density at radius 3 is 1.88 bits per heavy atom. The quantitative estimate of drug-likeness (QED) is 0.615. The predicted octanol–water partition coefficient (Wildman–Crippen LogP) is -1.18. The van der Waals surface area contributed by atoms with Gasteiger partial charge in [0.15, 0.2) is 0 Å². The van der Waals surface area contributed by atoms with Crippen LogP contribution in [0.4, 0.5) is 4.79 Å². The SMILES string of the molecule is Cc1ccccc1C(C)(C)[O-].O=C(O)O.[K+]. The molecule has 0 aromatic heterocycles. The van der Waals surface area contributed by atoms with Gasteiger partial charge in [-0.25, -0.2) is 4.79 Å². The summed E-state index contributed by atoms with van der Waals surface area (Å²) in [7, 11) is 0. The van der Waals surface area contributed by atoms with Crippen LogP contribution in [0.5, 0.6) is 0 Å². The molecule has 2 N–H and O–H groups in total. The molecule has 0 heterocycles. The van der Waals surface area contributed by atoms with Crippen molar-refractivity contribution < 1.29 is 71.5 Å². The van der Waals surface area contributed by atoms with Gasteiger partial charge in [0.2, 0.25) is 0 Å². The van der Waals surface area contributed by atoms with Crippen LogP contribution in [0.1, 0.15) is 25.0 Å². The summed E-state index contributed by atoms with van der Waals surface area (Å²) >= 11 is 0. The van der Waals surface area contributed by atoms with E-state index in [0.717, 1.165) is 11.1 Å². The van der Waals surface area contributed by atoms with Gasteiger partial charge in [0.05, 0.1) is 0 Å². The minimum absolute atomic E-state index is 0. The zero-order valence-electron chi connectivity index (χ0n) is 10.0. The van der Waals surface area contributed by atoms with Crippen molar-refractivity contribution in [3.8, 4) is 0 Å². The summed E-state index contributed by atoms with van der Waals surface area (Å²) in [5.41, 5.74) is 0.998. The van der Waals surface area contributed by atoms with E-state index in [1.54, 1.807) is 13.8 Å². The molecule has 0 unspecified atom stereocenters. The third-order valence-electron chi connectivity index (χ3n) is 1.79. The monoisotopic (exact) mass is 250 g/mol. The summed E-state index contributed by atoms with van der Waals surface area (Å²) in [6.45, 7) is 5.35. The molecule has 1 aromatic rings. The zero-order chi connectivity index (χ0) is 12.1. The Kier molecular flexibility index (Phi) is 9.48. The molecule has 1 rings (SSSR count). The molecule has 0 radical (unpaired) electrons. The summed E-state index contributed by atoms with van der Waals surface area (Å²) in [5.74, 6) is 0. The molecule has 4 nitrogen and oxygen atoms in total. The van der Waals surface area contributed by atoms with Crippen molar-refractivity contribution >= 4 is 6.16 Å². The van der Waals surface area contributed by atoms with Crippen LogP contribution in [-0.2, 0) is 5.60 Å². The first-order chi connectivity index (χ1) is 6.75. The van der Waals surface area contributed by atoms with Crippen LogP contribution in [0.25, 0.3) is 0 Å². The van der Waals surface area contributed by atoms with E-state index < -0.39 is 11.8 Å². The van der Waals surface area contributed by atoms with Crippen LogP contribution in [0, 0.1) is 6.92 Å². The number of rotatable bonds is 1. The van der Waals surface area contributed by atoms with Crippen LogP contribution in [-0.4, -0.2) is 16.4 Å². The Morgan fingerprint density at radius 2 is 1.62 bits per heavy atom. The van der Waals surface area contributed by atoms with Gasteiger partial charge in [-0.2, -0.15) is 0 Å². The molecule has 0 bridgehead atoms. The third kappa shape index (κ3) is 8.26. The first-order valence-electron chi connectivity index (χ1n) is 4.43. The molecule has 1 aromatic carbocycles. The van der Waals surface area contributed by atoms with E-state index in [1.807, 2.05) is 31.2 Å². The molecular weight excluding hydrogens is 235 g/mol. The van der Waals surface area contributed by atoms with Crippen LogP contribution < -0.4 is 56.5 Å². The fourth-order valence-electron chi connectivity index (χ4n) is 1.25. The molecule has 0 spiro atoms. The molecule has 0 aliphatic rings. The number of benzene rings is 1. The van der Waals surface area contributed by atoms with Crippen molar-refractivity contribution in [2.45, 2.75) is 26.4 Å². The minimum Gasteiger partial charge on any atom is -0.846 e. The number of carboxylic acid groups (broad SMARTS) is 2. The van der Waals surface area contributed by atoms with Crippen molar-refractivity contribution in [1.82, 2.24) is 0 Å². The van der Waals surface area contributed by atoms with Gasteiger partial charge in [-0.05, 0) is 12.5 Å². The van der Waals surface area contributed by atoms with Gasteiger partial charge in [0.25, 0.3) is 0 Å². The number of hydrogen-bond acceptors (Lipinski definition) is 2. The average Bonchev–Trinajstić information content (AvgIpc) is 2.01. The molecule has 0 aliphatic carbocycles. The smallest absolute Gasteiger partial charge is 0.846 e. The molecule has 0 saturated carbocycles. The maximum absolute atomic E-state index is 11.5. The topological polar surface area (TPSA) is 80.6 Å². The van der Waals surface area contributed by atoms with Gasteiger partial charge < -0.3 is 15.3 Å². The molecule has 5 heteroatoms. The van der Waals surface area contributed by atoms with Crippen LogP contribution >= 0.6 is 0 Å². The Balaban J connectivity index is 0. The standard InChI is InChI=1S/C10H13O.CH2O3.K/c1-8-6-4-5-7-9(8)10(2,3)11;2-1(3)4;/h4-7H,1-3H3;(H2,2,3,4);/q-1;;+1. The van der Waals surface area contributed by atoms with Crippen molar-refractivity contribution in [2.24, 2.45) is 0 Å². The number of carbonyl (C=O) groups is 1. The van der Waals surface area contributed by atoms with Crippen molar-refractivity contribution in [2.75, 3.05) is 0 Å². The Labute approximate surface area is 138 Å².